The third-order valence-corrected chi connectivity index (χ3v) is 6.91. The van der Waals surface area contributed by atoms with Crippen molar-refractivity contribution in [1.82, 2.24) is 9.97 Å². The minimum atomic E-state index is 0.784. The van der Waals surface area contributed by atoms with E-state index in [0.29, 0.717) is 0 Å². The second-order valence-corrected chi connectivity index (χ2v) is 9.24. The highest BCUT2D eigenvalue weighted by Crippen LogP contribution is 2.40. The number of anilines is 1. The van der Waals surface area contributed by atoms with Gasteiger partial charge in [0.25, 0.3) is 0 Å². The Balaban J connectivity index is 1.79. The second-order valence-electron chi connectivity index (χ2n) is 5.61. The van der Waals surface area contributed by atoms with Crippen LogP contribution in [0.4, 0.5) is 5.82 Å². The van der Waals surface area contributed by atoms with E-state index in [-0.39, 0.29) is 0 Å². The normalized spacial score (nSPS) is 13.4. The number of fused-ring (bicyclic) bond motifs is 3. The first-order chi connectivity index (χ1) is 11.3. The molecule has 3 aromatic rings. The fourth-order valence-electron chi connectivity index (χ4n) is 3.16. The van der Waals surface area contributed by atoms with Crippen molar-refractivity contribution in [3.63, 3.8) is 0 Å². The molecule has 3 nitrogen and oxygen atoms in total. The zero-order valence-corrected chi connectivity index (χ0v) is 15.8. The van der Waals surface area contributed by atoms with E-state index in [4.69, 9.17) is 0 Å². The molecule has 0 radical (unpaired) electrons. The third kappa shape index (κ3) is 2.84. The zero-order valence-electron chi connectivity index (χ0n) is 12.6. The molecule has 0 N–H and O–H groups in total. The highest BCUT2D eigenvalue weighted by atomic mass is 79.9. The van der Waals surface area contributed by atoms with Gasteiger partial charge in [0.15, 0.2) is 0 Å². The minimum absolute atomic E-state index is 0.784. The lowest BCUT2D eigenvalue weighted by molar-refractivity contribution is 0.859. The summed E-state index contributed by atoms with van der Waals surface area (Å²) in [5.41, 5.74) is 1.47. The first-order valence-corrected chi connectivity index (χ1v) is 10.0. The topological polar surface area (TPSA) is 29.0 Å². The van der Waals surface area contributed by atoms with Crippen LogP contribution in [0.2, 0.25) is 0 Å². The molecule has 1 aliphatic rings. The van der Waals surface area contributed by atoms with Crippen LogP contribution in [0.5, 0.6) is 0 Å². The Bertz CT molecular complexity index is 868. The van der Waals surface area contributed by atoms with E-state index in [1.54, 1.807) is 17.7 Å². The second kappa shape index (κ2) is 6.34. The molecule has 0 fully saturated rings. The lowest BCUT2D eigenvalue weighted by Crippen LogP contribution is -2.23. The van der Waals surface area contributed by atoms with Gasteiger partial charge >= 0.3 is 0 Å². The Kier molecular flexibility index (Phi) is 4.22. The van der Waals surface area contributed by atoms with E-state index in [1.807, 2.05) is 17.4 Å². The number of aromatic nitrogens is 2. The molecule has 4 rings (SSSR count). The summed E-state index contributed by atoms with van der Waals surface area (Å²) in [6.07, 6.45) is 7.25. The van der Waals surface area contributed by atoms with Crippen LogP contribution < -0.4 is 4.90 Å². The molecular formula is C17H16BrN3S2. The molecule has 0 spiro atoms. The smallest absolute Gasteiger partial charge is 0.141 e. The van der Waals surface area contributed by atoms with Crippen molar-refractivity contribution in [1.29, 1.82) is 0 Å². The van der Waals surface area contributed by atoms with E-state index < -0.39 is 0 Å². The van der Waals surface area contributed by atoms with Crippen molar-refractivity contribution in [2.75, 3.05) is 11.4 Å². The minimum Gasteiger partial charge on any atom is -0.347 e. The number of aryl methyl sites for hydroxylation is 2. The first kappa shape index (κ1) is 15.3. The van der Waals surface area contributed by atoms with Crippen LogP contribution in [0.15, 0.2) is 34.9 Å². The molecule has 0 atom stereocenters. The molecule has 1 aliphatic carbocycles. The summed E-state index contributed by atoms with van der Waals surface area (Å²) in [4.78, 5) is 15.4. The van der Waals surface area contributed by atoms with E-state index in [0.717, 1.165) is 33.9 Å². The molecular weight excluding hydrogens is 390 g/mol. The average molecular weight is 406 g/mol. The first-order valence-electron chi connectivity index (χ1n) is 7.61. The van der Waals surface area contributed by atoms with Gasteiger partial charge in [-0.2, -0.15) is 0 Å². The van der Waals surface area contributed by atoms with Crippen LogP contribution in [0, 0.1) is 0 Å². The van der Waals surface area contributed by atoms with Crippen LogP contribution >= 0.6 is 38.6 Å². The summed E-state index contributed by atoms with van der Waals surface area (Å²) in [5, 5.41) is 1.27. The van der Waals surface area contributed by atoms with Crippen molar-refractivity contribution in [2.24, 2.45) is 0 Å². The summed E-state index contributed by atoms with van der Waals surface area (Å²) in [6, 6.07) is 4.27. The number of hydrogen-bond acceptors (Lipinski definition) is 5. The summed E-state index contributed by atoms with van der Waals surface area (Å²) in [6.45, 7) is 5.55. The summed E-state index contributed by atoms with van der Waals surface area (Å²) in [7, 11) is 0. The highest BCUT2D eigenvalue weighted by Gasteiger charge is 2.23. The van der Waals surface area contributed by atoms with Crippen LogP contribution in [0.1, 0.15) is 21.7 Å². The SMILES string of the molecule is C=CCN(Cc1ccc(Br)s1)c1ncnc2sc3c(c12)CCC3. The Morgan fingerprint density at radius 2 is 2.17 bits per heavy atom. The molecule has 0 aromatic carbocycles. The van der Waals surface area contributed by atoms with E-state index in [2.05, 4.69) is 49.5 Å². The molecule has 0 bridgehead atoms. The van der Waals surface area contributed by atoms with Crippen LogP contribution in [-0.4, -0.2) is 16.5 Å². The third-order valence-electron chi connectivity index (χ3n) is 4.11. The van der Waals surface area contributed by atoms with Crippen molar-refractivity contribution < 1.29 is 0 Å². The molecule has 6 heteroatoms. The largest absolute Gasteiger partial charge is 0.347 e. The van der Waals surface area contributed by atoms with E-state index in [9.17, 15) is 0 Å². The van der Waals surface area contributed by atoms with Gasteiger partial charge in [0.2, 0.25) is 0 Å². The summed E-state index contributed by atoms with van der Waals surface area (Å²) in [5.74, 6) is 1.05. The maximum absolute atomic E-state index is 4.65. The van der Waals surface area contributed by atoms with Crippen molar-refractivity contribution in [3.8, 4) is 0 Å². The maximum Gasteiger partial charge on any atom is 0.141 e. The average Bonchev–Trinajstić information content (AvgIpc) is 3.22. The molecule has 23 heavy (non-hydrogen) atoms. The fourth-order valence-corrected chi connectivity index (χ4v) is 5.88. The predicted molar refractivity (Wildman–Crippen MR) is 103 cm³/mol. The van der Waals surface area contributed by atoms with Gasteiger partial charge in [-0.05, 0) is 52.9 Å². The van der Waals surface area contributed by atoms with Gasteiger partial charge < -0.3 is 4.90 Å². The molecule has 0 saturated carbocycles. The van der Waals surface area contributed by atoms with Crippen LogP contribution in [-0.2, 0) is 19.4 Å². The molecule has 0 aliphatic heterocycles. The number of halogens is 1. The Labute approximate surface area is 151 Å². The van der Waals surface area contributed by atoms with Crippen molar-refractivity contribution in [2.45, 2.75) is 25.8 Å². The summed E-state index contributed by atoms with van der Waals surface area (Å²) >= 11 is 7.15. The monoisotopic (exact) mass is 405 g/mol. The van der Waals surface area contributed by atoms with Crippen LogP contribution in [0.3, 0.4) is 0 Å². The van der Waals surface area contributed by atoms with Gasteiger partial charge in [-0.3, -0.25) is 0 Å². The molecule has 3 heterocycles. The molecule has 0 amide bonds. The molecule has 118 valence electrons. The maximum atomic E-state index is 4.65. The standard InChI is InChI=1S/C17H16BrN3S2/c1-2-8-21(9-11-6-7-14(18)22-11)16-15-12-4-3-5-13(12)23-17(15)20-10-19-16/h2,6-7,10H,1,3-5,8-9H2. The van der Waals surface area contributed by atoms with Crippen molar-refractivity contribution in [3.05, 3.63) is 50.2 Å². The van der Waals surface area contributed by atoms with Gasteiger partial charge in [0.05, 0.1) is 15.7 Å². The molecule has 0 unspecified atom stereocenters. The van der Waals surface area contributed by atoms with Gasteiger partial charge in [-0.15, -0.1) is 29.3 Å². The fraction of sp³-hybridized carbons (Fsp3) is 0.294. The van der Waals surface area contributed by atoms with Crippen LogP contribution in [0.25, 0.3) is 10.2 Å². The van der Waals surface area contributed by atoms with Gasteiger partial charge in [0.1, 0.15) is 17.0 Å². The lowest BCUT2D eigenvalue weighted by atomic mass is 10.2. The van der Waals surface area contributed by atoms with Gasteiger partial charge in [0, 0.05) is 16.3 Å². The number of nitrogens with zero attached hydrogens (tertiary/aromatic N) is 3. The Morgan fingerprint density at radius 3 is 2.96 bits per heavy atom. The van der Waals surface area contributed by atoms with Gasteiger partial charge in [-0.25, -0.2) is 9.97 Å². The Hall–Kier alpha value is -1.24. The quantitative estimate of drug-likeness (QED) is 0.546. The predicted octanol–water partition coefficient (Wildman–Crippen LogP) is 5.20. The lowest BCUT2D eigenvalue weighted by Gasteiger charge is -2.22. The highest BCUT2D eigenvalue weighted by molar-refractivity contribution is 9.11. The van der Waals surface area contributed by atoms with E-state index in [1.165, 1.54) is 33.5 Å². The number of thiophene rings is 2. The summed E-state index contributed by atoms with van der Waals surface area (Å²) < 4.78 is 1.16. The molecule has 3 aromatic heterocycles. The van der Waals surface area contributed by atoms with E-state index >= 15 is 0 Å². The van der Waals surface area contributed by atoms with Gasteiger partial charge in [-0.1, -0.05) is 6.08 Å². The number of rotatable bonds is 5. The zero-order chi connectivity index (χ0) is 15.8. The molecule has 0 saturated heterocycles. The van der Waals surface area contributed by atoms with Crippen molar-refractivity contribution >= 4 is 54.6 Å². The Morgan fingerprint density at radius 1 is 1.26 bits per heavy atom. The number of hydrogen-bond donors (Lipinski definition) is 0.